The Labute approximate surface area is 148 Å². The van der Waals surface area contributed by atoms with E-state index in [1.165, 1.54) is 22.9 Å². The van der Waals surface area contributed by atoms with Crippen molar-refractivity contribution in [3.8, 4) is 11.7 Å². The molecule has 0 amide bonds. The quantitative estimate of drug-likeness (QED) is 0.831. The van der Waals surface area contributed by atoms with Gasteiger partial charge >= 0.3 is 5.97 Å². The van der Waals surface area contributed by atoms with Crippen LogP contribution in [0.5, 0.6) is 5.88 Å². The molecule has 2 aromatic rings. The number of aromatic carboxylic acids is 1. The summed E-state index contributed by atoms with van der Waals surface area (Å²) in [6.45, 7) is 6.21. The van der Waals surface area contributed by atoms with Gasteiger partial charge in [-0.15, -0.1) is 5.10 Å². The van der Waals surface area contributed by atoms with E-state index in [1.807, 2.05) is 27.7 Å². The smallest absolute Gasteiger partial charge is 0.338 e. The van der Waals surface area contributed by atoms with Crippen LogP contribution in [0.4, 0.5) is 0 Å². The van der Waals surface area contributed by atoms with E-state index in [4.69, 9.17) is 24.2 Å². The molecular weight excluding hydrogens is 330 g/mol. The Morgan fingerprint density at radius 1 is 1.38 bits per heavy atom. The Balaban J connectivity index is 1.81. The van der Waals surface area contributed by atoms with Crippen LogP contribution in [0, 0.1) is 16.7 Å². The fraction of sp³-hybridized carbons (Fsp3) is 0.471. The van der Waals surface area contributed by atoms with Crippen molar-refractivity contribution in [2.45, 2.75) is 27.7 Å². The minimum Gasteiger partial charge on any atom is -0.478 e. The number of carbonyl (C=O) groups is 1. The van der Waals surface area contributed by atoms with E-state index in [0.717, 1.165) is 0 Å². The lowest BCUT2D eigenvalue weighted by molar-refractivity contribution is 0.0696. The van der Waals surface area contributed by atoms with Gasteiger partial charge in [0.25, 0.3) is 0 Å². The highest BCUT2D eigenvalue weighted by Gasteiger charge is 2.64. The Morgan fingerprint density at radius 3 is 2.58 bits per heavy atom. The molecule has 0 unspecified atom stereocenters. The zero-order chi connectivity index (χ0) is 19.5. The summed E-state index contributed by atoms with van der Waals surface area (Å²) in [5.41, 5.74) is -0.463. The summed E-state index contributed by atoms with van der Waals surface area (Å²) < 4.78 is 23.5. The van der Waals surface area contributed by atoms with Gasteiger partial charge in [-0.2, -0.15) is 0 Å². The van der Waals surface area contributed by atoms with Crippen LogP contribution >= 0.6 is 11.6 Å². The third-order valence-corrected chi connectivity index (χ3v) is 5.45. The van der Waals surface area contributed by atoms with Crippen LogP contribution in [0.3, 0.4) is 0 Å². The number of hydrogen-bond donors (Lipinski definition) is 1. The van der Waals surface area contributed by atoms with E-state index in [0.29, 0.717) is 5.82 Å². The molecule has 128 valence electrons. The summed E-state index contributed by atoms with van der Waals surface area (Å²) in [6.07, 6.45) is 1.55. The molecule has 1 N–H and O–H groups in total. The van der Waals surface area contributed by atoms with Crippen molar-refractivity contribution in [3.05, 3.63) is 35.1 Å². The number of hydrogen-bond acceptors (Lipinski definition) is 4. The van der Waals surface area contributed by atoms with E-state index in [2.05, 4.69) is 10.1 Å². The predicted octanol–water partition coefficient (Wildman–Crippen LogP) is 3.68. The van der Waals surface area contributed by atoms with Gasteiger partial charge in [0, 0.05) is 18.2 Å². The summed E-state index contributed by atoms with van der Waals surface area (Å²) in [6, 6.07) is 4.33. The first kappa shape index (κ1) is 14.3. The summed E-state index contributed by atoms with van der Waals surface area (Å²) >= 11 is 5.88. The molecule has 0 atom stereocenters. The van der Waals surface area contributed by atoms with E-state index in [-0.39, 0.29) is 33.3 Å². The van der Waals surface area contributed by atoms with Gasteiger partial charge in [0.05, 0.1) is 14.9 Å². The number of ether oxygens (including phenoxy) is 1. The molecule has 6 nitrogen and oxygen atoms in total. The maximum atomic E-state index is 11.0. The Kier molecular flexibility index (Phi) is 3.26. The third-order valence-electron chi connectivity index (χ3n) is 5.17. The van der Waals surface area contributed by atoms with Gasteiger partial charge in [-0.25, -0.2) is 14.5 Å². The van der Waals surface area contributed by atoms with Crippen molar-refractivity contribution >= 4 is 17.6 Å². The van der Waals surface area contributed by atoms with Gasteiger partial charge in [0.2, 0.25) is 5.88 Å². The van der Waals surface area contributed by atoms with E-state index in [1.54, 1.807) is 6.20 Å². The number of pyridine rings is 1. The minimum atomic E-state index is -1.87. The van der Waals surface area contributed by atoms with Gasteiger partial charge in [0.1, 0.15) is 5.15 Å². The molecule has 3 rings (SSSR count). The standard InChI is InChI=1S/C17H20ClN3O3/c1-16(2)11(17(16,3)4)9-24-13-7-8-21(20-13)12-6-5-10(15(22)23)14(18)19-12/h5-8,11H,9H2,1-4H3,(H,22,23)/i9D2. The second kappa shape index (κ2) is 5.48. The van der Waals surface area contributed by atoms with Crippen LogP contribution in [0.15, 0.2) is 24.4 Å². The summed E-state index contributed by atoms with van der Waals surface area (Å²) in [5, 5.41) is 13.0. The predicted molar refractivity (Wildman–Crippen MR) is 89.9 cm³/mol. The van der Waals surface area contributed by atoms with Gasteiger partial charge in [-0.1, -0.05) is 39.3 Å². The number of aromatic nitrogens is 3. The average molecular weight is 352 g/mol. The summed E-state index contributed by atoms with van der Waals surface area (Å²) in [7, 11) is 0. The van der Waals surface area contributed by atoms with E-state index in [9.17, 15) is 4.79 Å². The number of nitrogens with zero attached hydrogens (tertiary/aromatic N) is 3. The number of halogens is 1. The lowest BCUT2D eigenvalue weighted by Gasteiger charge is -2.05. The van der Waals surface area contributed by atoms with Gasteiger partial charge < -0.3 is 9.84 Å². The molecule has 2 heterocycles. The topological polar surface area (TPSA) is 77.2 Å². The maximum absolute atomic E-state index is 11.0. The fourth-order valence-electron chi connectivity index (χ4n) is 2.81. The zero-order valence-electron chi connectivity index (χ0n) is 15.9. The molecule has 0 spiro atoms. The molecule has 0 radical (unpaired) electrons. The second-order valence-electron chi connectivity index (χ2n) is 7.01. The molecule has 2 aromatic heterocycles. The normalized spacial score (nSPS) is 20.2. The number of carboxylic acid groups (broad SMARTS) is 1. The number of carboxylic acids is 1. The zero-order valence-corrected chi connectivity index (χ0v) is 14.6. The van der Waals surface area contributed by atoms with Crippen LogP contribution in [0.1, 0.15) is 40.8 Å². The summed E-state index contributed by atoms with van der Waals surface area (Å²) in [4.78, 5) is 15.0. The molecule has 7 heteroatoms. The molecule has 1 aliphatic carbocycles. The molecular formula is C17H20ClN3O3. The highest BCUT2D eigenvalue weighted by Crippen LogP contribution is 2.68. The van der Waals surface area contributed by atoms with Crippen LogP contribution < -0.4 is 4.74 Å². The van der Waals surface area contributed by atoms with Gasteiger partial charge in [0.15, 0.2) is 5.82 Å². The monoisotopic (exact) mass is 351 g/mol. The van der Waals surface area contributed by atoms with Crippen LogP contribution in [-0.2, 0) is 0 Å². The largest absolute Gasteiger partial charge is 0.478 e. The van der Waals surface area contributed by atoms with Crippen LogP contribution in [-0.4, -0.2) is 32.4 Å². The lowest BCUT2D eigenvalue weighted by Crippen LogP contribution is -2.06. The highest BCUT2D eigenvalue weighted by atomic mass is 35.5. The van der Waals surface area contributed by atoms with Crippen molar-refractivity contribution in [1.82, 2.24) is 14.8 Å². The molecule has 0 aromatic carbocycles. The maximum Gasteiger partial charge on any atom is 0.338 e. The van der Waals surface area contributed by atoms with Crippen molar-refractivity contribution in [2.24, 2.45) is 16.7 Å². The Bertz CT molecular complexity index is 866. The van der Waals surface area contributed by atoms with Crippen molar-refractivity contribution in [3.63, 3.8) is 0 Å². The molecule has 1 fully saturated rings. The van der Waals surface area contributed by atoms with E-state index >= 15 is 0 Å². The first-order valence-electron chi connectivity index (χ1n) is 8.53. The molecule has 24 heavy (non-hydrogen) atoms. The van der Waals surface area contributed by atoms with Gasteiger partial charge in [-0.05, 0) is 23.0 Å². The minimum absolute atomic E-state index is 0.103. The fourth-order valence-corrected chi connectivity index (χ4v) is 3.04. The molecule has 0 saturated heterocycles. The SMILES string of the molecule is [2H]C([2H])(Oc1ccn(-c2ccc(C(=O)O)c(Cl)n2)n1)C1C(C)(C)C1(C)C. The van der Waals surface area contributed by atoms with Crippen LogP contribution in [0.25, 0.3) is 5.82 Å². The highest BCUT2D eigenvalue weighted by molar-refractivity contribution is 6.32. The number of rotatable bonds is 5. The van der Waals surface area contributed by atoms with Crippen molar-refractivity contribution in [2.75, 3.05) is 6.56 Å². The molecule has 0 aliphatic heterocycles. The second-order valence-corrected chi connectivity index (χ2v) is 7.37. The first-order valence-corrected chi connectivity index (χ1v) is 7.90. The van der Waals surface area contributed by atoms with Gasteiger partial charge in [-0.3, -0.25) is 0 Å². The third kappa shape index (κ3) is 2.65. The molecule has 1 saturated carbocycles. The lowest BCUT2D eigenvalue weighted by atomic mass is 10.0. The Hall–Kier alpha value is -2.08. The molecule has 1 aliphatic rings. The first-order chi connectivity index (χ1) is 11.9. The average Bonchev–Trinajstić information content (AvgIpc) is 2.81. The van der Waals surface area contributed by atoms with E-state index < -0.39 is 12.5 Å². The molecule has 0 bridgehead atoms. The summed E-state index contributed by atoms with van der Waals surface area (Å²) in [5.74, 6) is -1.01. The Morgan fingerprint density at radius 2 is 2.04 bits per heavy atom. The van der Waals surface area contributed by atoms with Crippen LogP contribution in [0.2, 0.25) is 5.15 Å². The van der Waals surface area contributed by atoms with Crippen molar-refractivity contribution < 1.29 is 17.4 Å². The van der Waals surface area contributed by atoms with Crippen molar-refractivity contribution in [1.29, 1.82) is 0 Å².